The Morgan fingerprint density at radius 2 is 2.10 bits per heavy atom. The number of hydrogen-bond acceptors (Lipinski definition) is 3. The van der Waals surface area contributed by atoms with E-state index in [-0.39, 0.29) is 6.09 Å². The molecule has 0 saturated heterocycles. The highest BCUT2D eigenvalue weighted by molar-refractivity contribution is 9.10. The third-order valence-electron chi connectivity index (χ3n) is 3.22. The Morgan fingerprint density at radius 3 is 2.62 bits per heavy atom. The summed E-state index contributed by atoms with van der Waals surface area (Å²) in [6.45, 7) is 6.83. The molecule has 1 aromatic rings. The number of hydrogen-bond donors (Lipinski definition) is 1. The minimum absolute atomic E-state index is 0.262. The third-order valence-corrected chi connectivity index (χ3v) is 3.71. The first-order chi connectivity index (χ1) is 9.76. The van der Waals surface area contributed by atoms with Gasteiger partial charge in [0.05, 0.1) is 0 Å². The lowest BCUT2D eigenvalue weighted by Crippen LogP contribution is -2.39. The molecule has 0 unspecified atom stereocenters. The first-order valence-electron chi connectivity index (χ1n) is 6.98. The summed E-state index contributed by atoms with van der Waals surface area (Å²) in [4.78, 5) is 13.7. The van der Waals surface area contributed by atoms with Crippen LogP contribution in [0.2, 0.25) is 0 Å². The Labute approximate surface area is 134 Å². The lowest BCUT2D eigenvalue weighted by atomic mass is 9.98. The van der Waals surface area contributed by atoms with Gasteiger partial charge in [-0.1, -0.05) is 28.1 Å². The van der Waals surface area contributed by atoms with Gasteiger partial charge in [0.15, 0.2) is 0 Å². The molecule has 0 fully saturated rings. The van der Waals surface area contributed by atoms with Crippen LogP contribution in [0.5, 0.6) is 0 Å². The quantitative estimate of drug-likeness (QED) is 0.775. The van der Waals surface area contributed by atoms with Crippen molar-refractivity contribution < 1.29 is 9.53 Å². The van der Waals surface area contributed by atoms with Crippen molar-refractivity contribution >= 4 is 33.3 Å². The molecule has 1 aliphatic rings. The van der Waals surface area contributed by atoms with Crippen molar-refractivity contribution in [3.05, 3.63) is 34.3 Å². The van der Waals surface area contributed by atoms with Crippen LogP contribution in [-0.2, 0) is 4.74 Å². The van der Waals surface area contributed by atoms with Crippen LogP contribution >= 0.6 is 15.9 Å². The monoisotopic (exact) mass is 352 g/mol. The first-order valence-corrected chi connectivity index (χ1v) is 7.78. The fraction of sp³-hybridized carbons (Fsp3) is 0.438. The average molecular weight is 353 g/mol. The van der Waals surface area contributed by atoms with Gasteiger partial charge < -0.3 is 15.4 Å². The Bertz CT molecular complexity index is 576. The standard InChI is InChI=1S/C16H21BrN2O2/c1-16(2,3)21-15(20)19-8-6-11(7-9-19)13-5-4-12(17)10-14(13)18/h4-6,10H,7-9,18H2,1-3H3. The molecule has 0 aromatic heterocycles. The molecule has 2 rings (SSSR count). The Kier molecular flexibility index (Phi) is 4.61. The number of nitrogens with zero attached hydrogens (tertiary/aromatic N) is 1. The van der Waals surface area contributed by atoms with Crippen molar-refractivity contribution in [3.8, 4) is 0 Å². The van der Waals surface area contributed by atoms with E-state index in [0.29, 0.717) is 13.1 Å². The second-order valence-electron chi connectivity index (χ2n) is 6.14. The second kappa shape index (κ2) is 6.10. The van der Waals surface area contributed by atoms with Crippen LogP contribution in [-0.4, -0.2) is 29.7 Å². The van der Waals surface area contributed by atoms with E-state index in [1.165, 1.54) is 5.57 Å². The maximum atomic E-state index is 12.0. The molecule has 0 spiro atoms. The van der Waals surface area contributed by atoms with E-state index in [1.807, 2.05) is 45.0 Å². The van der Waals surface area contributed by atoms with E-state index in [9.17, 15) is 4.79 Å². The molecule has 1 amide bonds. The highest BCUT2D eigenvalue weighted by Gasteiger charge is 2.24. The second-order valence-corrected chi connectivity index (χ2v) is 7.05. The normalized spacial score (nSPS) is 15.6. The van der Waals surface area contributed by atoms with Crippen LogP contribution in [0.1, 0.15) is 32.8 Å². The number of amides is 1. The predicted molar refractivity (Wildman–Crippen MR) is 89.0 cm³/mol. The van der Waals surface area contributed by atoms with Gasteiger partial charge in [-0.2, -0.15) is 0 Å². The number of benzene rings is 1. The maximum absolute atomic E-state index is 12.0. The van der Waals surface area contributed by atoms with Crippen LogP contribution in [0, 0.1) is 0 Å². The van der Waals surface area contributed by atoms with Crippen molar-refractivity contribution in [1.82, 2.24) is 4.90 Å². The number of ether oxygens (including phenoxy) is 1. The summed E-state index contributed by atoms with van der Waals surface area (Å²) in [5.41, 5.74) is 8.57. The van der Waals surface area contributed by atoms with Crippen LogP contribution in [0.25, 0.3) is 5.57 Å². The molecule has 1 aliphatic heterocycles. The maximum Gasteiger partial charge on any atom is 0.410 e. The smallest absolute Gasteiger partial charge is 0.410 e. The topological polar surface area (TPSA) is 55.6 Å². The molecule has 0 atom stereocenters. The first kappa shape index (κ1) is 15.9. The van der Waals surface area contributed by atoms with E-state index in [0.717, 1.165) is 22.1 Å². The Balaban J connectivity index is 2.07. The van der Waals surface area contributed by atoms with Crippen LogP contribution in [0.3, 0.4) is 0 Å². The summed E-state index contributed by atoms with van der Waals surface area (Å²) < 4.78 is 6.35. The van der Waals surface area contributed by atoms with Gasteiger partial charge >= 0.3 is 6.09 Å². The summed E-state index contributed by atoms with van der Waals surface area (Å²) in [5, 5.41) is 0. The molecule has 1 heterocycles. The van der Waals surface area contributed by atoms with E-state index in [4.69, 9.17) is 10.5 Å². The van der Waals surface area contributed by atoms with Crippen LogP contribution < -0.4 is 5.73 Å². The summed E-state index contributed by atoms with van der Waals surface area (Å²) in [7, 11) is 0. The summed E-state index contributed by atoms with van der Waals surface area (Å²) >= 11 is 3.41. The number of rotatable bonds is 1. The van der Waals surface area contributed by atoms with Gasteiger partial charge in [0.1, 0.15) is 5.60 Å². The molecule has 2 N–H and O–H groups in total. The minimum Gasteiger partial charge on any atom is -0.444 e. The Hall–Kier alpha value is -1.49. The zero-order valence-corrected chi connectivity index (χ0v) is 14.2. The van der Waals surface area contributed by atoms with Crippen molar-refractivity contribution in [2.45, 2.75) is 32.8 Å². The predicted octanol–water partition coefficient (Wildman–Crippen LogP) is 4.06. The molecule has 5 heteroatoms. The van der Waals surface area contributed by atoms with E-state index >= 15 is 0 Å². The molecule has 0 saturated carbocycles. The highest BCUT2D eigenvalue weighted by atomic mass is 79.9. The molecule has 4 nitrogen and oxygen atoms in total. The minimum atomic E-state index is -0.461. The van der Waals surface area contributed by atoms with Gasteiger partial charge in [0.25, 0.3) is 0 Å². The molecule has 0 aliphatic carbocycles. The average Bonchev–Trinajstić information content (AvgIpc) is 2.37. The zero-order valence-electron chi connectivity index (χ0n) is 12.6. The number of anilines is 1. The molecule has 114 valence electrons. The number of nitrogens with two attached hydrogens (primary N) is 1. The van der Waals surface area contributed by atoms with Gasteiger partial charge in [0.2, 0.25) is 0 Å². The van der Waals surface area contributed by atoms with E-state index in [2.05, 4.69) is 15.9 Å². The van der Waals surface area contributed by atoms with Crippen molar-refractivity contribution in [2.24, 2.45) is 0 Å². The number of carbonyl (C=O) groups excluding carboxylic acids is 1. The van der Waals surface area contributed by atoms with Crippen LogP contribution in [0.15, 0.2) is 28.7 Å². The lowest BCUT2D eigenvalue weighted by molar-refractivity contribution is 0.0270. The van der Waals surface area contributed by atoms with Gasteiger partial charge in [-0.15, -0.1) is 0 Å². The van der Waals surface area contributed by atoms with Crippen molar-refractivity contribution in [3.63, 3.8) is 0 Å². The molecule has 1 aromatic carbocycles. The van der Waals surface area contributed by atoms with E-state index in [1.54, 1.807) is 4.90 Å². The number of carbonyl (C=O) groups is 1. The van der Waals surface area contributed by atoms with E-state index < -0.39 is 5.60 Å². The fourth-order valence-corrected chi connectivity index (χ4v) is 2.61. The summed E-state index contributed by atoms with van der Waals surface area (Å²) in [6, 6.07) is 5.89. The number of nitrogen functional groups attached to an aromatic ring is 1. The third kappa shape index (κ3) is 4.24. The van der Waals surface area contributed by atoms with Gasteiger partial charge in [-0.05, 0) is 44.9 Å². The highest BCUT2D eigenvalue weighted by Crippen LogP contribution is 2.29. The summed E-state index contributed by atoms with van der Waals surface area (Å²) in [6.07, 6.45) is 2.57. The Morgan fingerprint density at radius 1 is 1.38 bits per heavy atom. The molecular formula is C16H21BrN2O2. The van der Waals surface area contributed by atoms with Crippen molar-refractivity contribution in [1.29, 1.82) is 0 Å². The molecule has 0 bridgehead atoms. The number of halogens is 1. The van der Waals surface area contributed by atoms with Gasteiger partial charge in [0, 0.05) is 28.8 Å². The summed E-state index contributed by atoms with van der Waals surface area (Å²) in [5.74, 6) is 0. The van der Waals surface area contributed by atoms with Gasteiger partial charge in [-0.3, -0.25) is 0 Å². The molecule has 21 heavy (non-hydrogen) atoms. The molecular weight excluding hydrogens is 332 g/mol. The largest absolute Gasteiger partial charge is 0.444 e. The van der Waals surface area contributed by atoms with Crippen molar-refractivity contribution in [2.75, 3.05) is 18.8 Å². The lowest BCUT2D eigenvalue weighted by Gasteiger charge is -2.29. The molecule has 0 radical (unpaired) electrons. The van der Waals surface area contributed by atoms with Crippen LogP contribution in [0.4, 0.5) is 10.5 Å². The SMILES string of the molecule is CC(C)(C)OC(=O)N1CC=C(c2ccc(Br)cc2N)CC1. The zero-order chi connectivity index (χ0) is 15.6. The van der Waals surface area contributed by atoms with Gasteiger partial charge in [-0.25, -0.2) is 4.79 Å². The fourth-order valence-electron chi connectivity index (χ4n) is 2.23.